The van der Waals surface area contributed by atoms with Crippen LogP contribution in [0.25, 0.3) is 11.8 Å². The van der Waals surface area contributed by atoms with Gasteiger partial charge in [-0.05, 0) is 85.9 Å². The van der Waals surface area contributed by atoms with E-state index in [9.17, 15) is 14.7 Å². The number of ether oxygens (including phenoxy) is 1. The molecule has 0 aliphatic carbocycles. The normalized spacial score (nSPS) is 16.7. The highest BCUT2D eigenvalue weighted by Crippen LogP contribution is 2.28. The van der Waals surface area contributed by atoms with Crippen molar-refractivity contribution in [2.24, 2.45) is 4.99 Å². The first-order chi connectivity index (χ1) is 20.4. The summed E-state index contributed by atoms with van der Waals surface area (Å²) in [6.45, 7) is 1.98. The molecule has 0 saturated heterocycles. The molecule has 42 heavy (non-hydrogen) atoms. The summed E-state index contributed by atoms with van der Waals surface area (Å²) in [5.41, 5.74) is 1.58. The molecule has 0 bridgehead atoms. The molecular formula is C32H25N5O4S. The third kappa shape index (κ3) is 5.30. The molecule has 6 rings (SSSR count). The molecule has 1 amide bonds. The summed E-state index contributed by atoms with van der Waals surface area (Å²) in [6, 6.07) is 23.8. The smallest absolute Gasteiger partial charge is 0.263 e. The van der Waals surface area contributed by atoms with E-state index in [4.69, 9.17) is 21.9 Å². The van der Waals surface area contributed by atoms with Gasteiger partial charge in [0, 0.05) is 11.9 Å². The summed E-state index contributed by atoms with van der Waals surface area (Å²) < 4.78 is 7.16. The van der Waals surface area contributed by atoms with Gasteiger partial charge < -0.3 is 15.2 Å². The summed E-state index contributed by atoms with van der Waals surface area (Å²) in [5.74, 6) is 0.710. The van der Waals surface area contributed by atoms with Gasteiger partial charge >= 0.3 is 0 Å². The fraction of sp³-hybridized carbons (Fsp3) is 0.0625. The lowest BCUT2D eigenvalue weighted by Crippen LogP contribution is -2.44. The number of carbonyl (C=O) groups is 1. The van der Waals surface area contributed by atoms with Crippen LogP contribution in [0.3, 0.4) is 0 Å². The second-order valence-electron chi connectivity index (χ2n) is 9.62. The lowest BCUT2D eigenvalue weighted by molar-refractivity contribution is -0.125. The van der Waals surface area contributed by atoms with Crippen LogP contribution in [0.5, 0.6) is 17.4 Å². The third-order valence-electron chi connectivity index (χ3n) is 6.71. The number of carbonyl (C=O) groups excluding carboxylic acids is 1. The number of amidine groups is 1. The second kappa shape index (κ2) is 11.2. The van der Waals surface area contributed by atoms with E-state index >= 15 is 0 Å². The summed E-state index contributed by atoms with van der Waals surface area (Å²) in [6.07, 6.45) is 7.75. The molecule has 1 unspecified atom stereocenters. The molecule has 10 heteroatoms. The van der Waals surface area contributed by atoms with Crippen molar-refractivity contribution in [3.63, 3.8) is 0 Å². The van der Waals surface area contributed by atoms with Gasteiger partial charge in [0.15, 0.2) is 4.77 Å². The highest BCUT2D eigenvalue weighted by Gasteiger charge is 2.33. The van der Waals surface area contributed by atoms with Crippen LogP contribution < -0.4 is 15.6 Å². The summed E-state index contributed by atoms with van der Waals surface area (Å²) in [7, 11) is 0. The van der Waals surface area contributed by atoms with Crippen molar-refractivity contribution in [3.05, 3.63) is 135 Å². The number of benzene rings is 3. The molecule has 3 heterocycles. The SMILES string of the molecule is Cc1ccc(NC2=NC3C=CC=CN3C(=O)C2=Cc2c(O)n(-c3ccc(Oc4ccccc4)cc3)c(=S)[nH]c2=O)cc1. The molecule has 3 aromatic carbocycles. The number of amides is 1. The van der Waals surface area contributed by atoms with Gasteiger partial charge in [0.2, 0.25) is 5.88 Å². The van der Waals surface area contributed by atoms with Gasteiger partial charge in [-0.3, -0.25) is 24.0 Å². The molecule has 1 atom stereocenters. The zero-order valence-corrected chi connectivity index (χ0v) is 23.2. The monoisotopic (exact) mass is 575 g/mol. The number of aliphatic imine (C=N–C) groups is 1. The average molecular weight is 576 g/mol. The third-order valence-corrected chi connectivity index (χ3v) is 6.99. The van der Waals surface area contributed by atoms with Gasteiger partial charge in [-0.1, -0.05) is 42.0 Å². The Balaban J connectivity index is 1.41. The number of hydrogen-bond acceptors (Lipinski definition) is 7. The van der Waals surface area contributed by atoms with E-state index in [0.29, 0.717) is 22.9 Å². The fourth-order valence-electron chi connectivity index (χ4n) is 4.57. The number of allylic oxidation sites excluding steroid dienone is 2. The Labute approximate surface area is 246 Å². The van der Waals surface area contributed by atoms with Crippen molar-refractivity contribution in [1.29, 1.82) is 0 Å². The van der Waals surface area contributed by atoms with Crippen LogP contribution >= 0.6 is 12.2 Å². The molecule has 9 nitrogen and oxygen atoms in total. The maximum absolute atomic E-state index is 13.7. The molecular weight excluding hydrogens is 550 g/mol. The second-order valence-corrected chi connectivity index (χ2v) is 10.0. The lowest BCUT2D eigenvalue weighted by atomic mass is 10.1. The number of aromatic amines is 1. The quantitative estimate of drug-likeness (QED) is 0.203. The van der Waals surface area contributed by atoms with Crippen LogP contribution in [0.15, 0.2) is 119 Å². The Morgan fingerprint density at radius 1 is 0.976 bits per heavy atom. The number of aromatic hydroxyl groups is 1. The predicted molar refractivity (Wildman–Crippen MR) is 165 cm³/mol. The minimum atomic E-state index is -0.649. The van der Waals surface area contributed by atoms with E-state index in [2.05, 4.69) is 10.3 Å². The minimum Gasteiger partial charge on any atom is -0.494 e. The van der Waals surface area contributed by atoms with E-state index in [0.717, 1.165) is 5.56 Å². The summed E-state index contributed by atoms with van der Waals surface area (Å²) in [4.78, 5) is 35.5. The van der Waals surface area contributed by atoms with Gasteiger partial charge in [-0.25, -0.2) is 4.99 Å². The highest BCUT2D eigenvalue weighted by molar-refractivity contribution is 7.71. The number of hydrogen-bond donors (Lipinski definition) is 3. The van der Waals surface area contributed by atoms with Gasteiger partial charge in [0.1, 0.15) is 29.1 Å². The van der Waals surface area contributed by atoms with E-state index in [1.54, 1.807) is 42.6 Å². The van der Waals surface area contributed by atoms with Crippen molar-refractivity contribution < 1.29 is 14.6 Å². The number of anilines is 1. The van der Waals surface area contributed by atoms with Crippen LogP contribution in [0.4, 0.5) is 5.69 Å². The molecule has 2 aliphatic rings. The molecule has 2 aliphatic heterocycles. The summed E-state index contributed by atoms with van der Waals surface area (Å²) >= 11 is 5.40. The van der Waals surface area contributed by atoms with Crippen molar-refractivity contribution >= 4 is 35.7 Å². The fourth-order valence-corrected chi connectivity index (χ4v) is 4.85. The molecule has 0 saturated carbocycles. The number of rotatable bonds is 5. The zero-order valence-electron chi connectivity index (χ0n) is 22.4. The maximum Gasteiger partial charge on any atom is 0.263 e. The largest absolute Gasteiger partial charge is 0.494 e. The van der Waals surface area contributed by atoms with Crippen LogP contribution in [0.2, 0.25) is 0 Å². The van der Waals surface area contributed by atoms with Crippen LogP contribution in [-0.2, 0) is 4.79 Å². The van der Waals surface area contributed by atoms with Crippen molar-refractivity contribution in [1.82, 2.24) is 14.5 Å². The number of fused-ring (bicyclic) bond motifs is 1. The van der Waals surface area contributed by atoms with Crippen molar-refractivity contribution in [2.45, 2.75) is 13.1 Å². The first-order valence-electron chi connectivity index (χ1n) is 13.1. The minimum absolute atomic E-state index is 0.0119. The number of nitrogens with one attached hydrogen (secondary N) is 2. The predicted octanol–water partition coefficient (Wildman–Crippen LogP) is 5.85. The Bertz CT molecular complexity index is 1900. The van der Waals surface area contributed by atoms with Gasteiger partial charge in [-0.2, -0.15) is 0 Å². The molecule has 208 valence electrons. The van der Waals surface area contributed by atoms with Crippen LogP contribution in [0.1, 0.15) is 11.1 Å². The Morgan fingerprint density at radius 2 is 1.69 bits per heavy atom. The average Bonchev–Trinajstić information content (AvgIpc) is 2.99. The first kappa shape index (κ1) is 26.7. The Morgan fingerprint density at radius 3 is 2.43 bits per heavy atom. The standard InChI is InChI=1S/C32H25N5O4S/c1-20-10-12-21(13-11-20)33-28-25(30(39)36-18-6-5-9-27(36)34-28)19-26-29(38)35-32(42)37(31(26)40)22-14-16-24(17-15-22)41-23-7-3-2-4-8-23/h2-19,27,40H,1H3,(H,33,34)(H,35,38,42). The van der Waals surface area contributed by atoms with E-state index in [-0.39, 0.29) is 27.7 Å². The maximum atomic E-state index is 13.7. The molecule has 0 radical (unpaired) electrons. The number of H-pyrrole nitrogens is 1. The molecule has 0 spiro atoms. The Hall–Kier alpha value is -5.48. The molecule has 0 fully saturated rings. The highest BCUT2D eigenvalue weighted by atomic mass is 32.1. The van der Waals surface area contributed by atoms with Gasteiger partial charge in [-0.15, -0.1) is 0 Å². The van der Waals surface area contributed by atoms with Crippen molar-refractivity contribution in [3.8, 4) is 23.1 Å². The first-order valence-corrected chi connectivity index (χ1v) is 13.5. The number of aryl methyl sites for hydroxylation is 1. The summed E-state index contributed by atoms with van der Waals surface area (Å²) in [5, 5.41) is 14.6. The van der Waals surface area contributed by atoms with Gasteiger partial charge in [0.05, 0.1) is 11.3 Å². The number of nitrogens with zero attached hydrogens (tertiary/aromatic N) is 3. The zero-order chi connectivity index (χ0) is 29.2. The van der Waals surface area contributed by atoms with Crippen LogP contribution in [0, 0.1) is 11.7 Å². The lowest BCUT2D eigenvalue weighted by Gasteiger charge is -2.32. The van der Waals surface area contributed by atoms with E-state index in [1.807, 2.05) is 67.6 Å². The van der Waals surface area contributed by atoms with Crippen LogP contribution in [-0.4, -0.2) is 37.5 Å². The van der Waals surface area contributed by atoms with Gasteiger partial charge in [0.25, 0.3) is 11.5 Å². The van der Waals surface area contributed by atoms with E-state index < -0.39 is 17.6 Å². The molecule has 1 aromatic heterocycles. The number of para-hydroxylation sites is 1. The number of aromatic nitrogens is 2. The van der Waals surface area contributed by atoms with Crippen molar-refractivity contribution in [2.75, 3.05) is 5.32 Å². The molecule has 4 aromatic rings. The molecule has 3 N–H and O–H groups in total. The van der Waals surface area contributed by atoms with E-state index in [1.165, 1.54) is 15.5 Å². The topological polar surface area (TPSA) is 112 Å². The Kier molecular flexibility index (Phi) is 7.12.